The molecule has 272 valence electrons. The predicted octanol–water partition coefficient (Wildman–Crippen LogP) is 5.88. The van der Waals surface area contributed by atoms with Crippen LogP contribution >= 0.6 is 0 Å². The fourth-order valence-corrected chi connectivity index (χ4v) is 11.3. The predicted molar refractivity (Wildman–Crippen MR) is 193 cm³/mol. The molecule has 47 heavy (non-hydrogen) atoms. The van der Waals surface area contributed by atoms with Gasteiger partial charge in [-0.05, 0) is 163 Å². The van der Waals surface area contributed by atoms with Gasteiger partial charge in [-0.3, -0.25) is 4.79 Å². The number of hydrogen-bond acceptors (Lipinski definition) is 7. The van der Waals surface area contributed by atoms with E-state index in [4.69, 9.17) is 10.5 Å². The lowest BCUT2D eigenvalue weighted by atomic mass is 9.44. The van der Waals surface area contributed by atoms with Crippen molar-refractivity contribution in [2.75, 3.05) is 52.9 Å². The molecule has 8 nitrogen and oxygen atoms in total. The maximum atomic E-state index is 13.0. The number of fused-ring (bicyclic) bond motifs is 5. The van der Waals surface area contributed by atoms with Crippen molar-refractivity contribution in [2.24, 2.45) is 46.2 Å². The SMILES string of the molecule is CC.COC(=O)C1CCCN1C(=O)CCCC1CCC2C3CCC4CC(NCCCNCCNCCCN)CCC4(C)C3CCC12C. The molecule has 0 spiro atoms. The summed E-state index contributed by atoms with van der Waals surface area (Å²) in [4.78, 5) is 27.0. The summed E-state index contributed by atoms with van der Waals surface area (Å²) in [5.74, 6) is 4.22. The molecular formula is C39H73N5O3. The van der Waals surface area contributed by atoms with Crippen LogP contribution in [0.25, 0.3) is 0 Å². The third-order valence-corrected chi connectivity index (χ3v) is 13.9. The van der Waals surface area contributed by atoms with Gasteiger partial charge in [-0.15, -0.1) is 0 Å². The molecule has 4 aliphatic carbocycles. The van der Waals surface area contributed by atoms with Crippen LogP contribution in [0.5, 0.6) is 0 Å². The Hall–Kier alpha value is -1.22. The second-order valence-electron chi connectivity index (χ2n) is 16.1. The highest BCUT2D eigenvalue weighted by Crippen LogP contribution is 2.67. The van der Waals surface area contributed by atoms with Crippen molar-refractivity contribution in [2.45, 2.75) is 143 Å². The third kappa shape index (κ3) is 9.12. The number of amides is 1. The highest BCUT2D eigenvalue weighted by molar-refractivity contribution is 5.85. The average Bonchev–Trinajstić information content (AvgIpc) is 3.71. The molecule has 0 aromatic carbocycles. The molecule has 5 aliphatic rings. The second kappa shape index (κ2) is 18.7. The van der Waals surface area contributed by atoms with Crippen LogP contribution in [-0.2, 0) is 14.3 Å². The lowest BCUT2D eigenvalue weighted by molar-refractivity contribution is -0.151. The zero-order valence-corrected chi connectivity index (χ0v) is 31.1. The van der Waals surface area contributed by atoms with Crippen LogP contribution in [0, 0.1) is 40.4 Å². The molecule has 5 N–H and O–H groups in total. The van der Waals surface area contributed by atoms with E-state index in [2.05, 4.69) is 29.8 Å². The number of esters is 1. The fraction of sp³-hybridized carbons (Fsp3) is 0.949. The Bertz CT molecular complexity index is 965. The first-order valence-corrected chi connectivity index (χ1v) is 20.0. The summed E-state index contributed by atoms with van der Waals surface area (Å²) in [6.07, 6.45) is 19.2. The van der Waals surface area contributed by atoms with E-state index in [1.165, 1.54) is 77.7 Å². The van der Waals surface area contributed by atoms with Crippen LogP contribution in [0.15, 0.2) is 0 Å². The maximum absolute atomic E-state index is 13.0. The van der Waals surface area contributed by atoms with E-state index >= 15 is 0 Å². The molecule has 1 saturated heterocycles. The standard InChI is InChI=1S/C37H67N5O3.C2H6/c1-36-18-16-32-30(31(36)14-12-27(36)8-4-10-34(43)42-25-5-9-33(42)35(44)45-3)13-11-28-26-29(15-17-37(28,32)2)41-22-7-21-40-24-23-39-20-6-19-38;1-2/h27-33,39-41H,4-26,38H2,1-3H3;1-2H3. The Labute approximate surface area is 288 Å². The second-order valence-corrected chi connectivity index (χ2v) is 16.1. The van der Waals surface area contributed by atoms with E-state index in [0.717, 1.165) is 94.5 Å². The largest absolute Gasteiger partial charge is 0.467 e. The van der Waals surface area contributed by atoms with E-state index in [9.17, 15) is 9.59 Å². The highest BCUT2D eigenvalue weighted by Gasteiger charge is 2.59. The van der Waals surface area contributed by atoms with Crippen molar-refractivity contribution in [3.05, 3.63) is 0 Å². The van der Waals surface area contributed by atoms with E-state index < -0.39 is 0 Å². The first-order valence-electron chi connectivity index (χ1n) is 20.0. The van der Waals surface area contributed by atoms with Crippen LogP contribution in [0.3, 0.4) is 0 Å². The average molecular weight is 660 g/mol. The number of nitrogens with two attached hydrogens (primary N) is 1. The van der Waals surface area contributed by atoms with E-state index in [0.29, 0.717) is 29.8 Å². The first kappa shape index (κ1) is 38.6. The zero-order chi connectivity index (χ0) is 33.9. The number of carbonyl (C=O) groups excluding carboxylic acids is 2. The van der Waals surface area contributed by atoms with Crippen LogP contribution in [0.1, 0.15) is 130 Å². The molecule has 8 heteroatoms. The van der Waals surface area contributed by atoms with Crippen molar-refractivity contribution in [1.29, 1.82) is 0 Å². The smallest absolute Gasteiger partial charge is 0.328 e. The summed E-state index contributed by atoms with van der Waals surface area (Å²) in [6.45, 7) is 16.1. The van der Waals surface area contributed by atoms with Gasteiger partial charge in [0.05, 0.1) is 7.11 Å². The van der Waals surface area contributed by atoms with E-state index in [-0.39, 0.29) is 17.9 Å². The summed E-state index contributed by atoms with van der Waals surface area (Å²) >= 11 is 0. The molecule has 9 atom stereocenters. The lowest BCUT2D eigenvalue weighted by Gasteiger charge is -2.61. The minimum atomic E-state index is -0.361. The molecule has 0 bridgehead atoms. The minimum Gasteiger partial charge on any atom is -0.467 e. The number of ether oxygens (including phenoxy) is 1. The molecule has 5 fully saturated rings. The summed E-state index contributed by atoms with van der Waals surface area (Å²) < 4.78 is 4.96. The van der Waals surface area contributed by atoms with E-state index in [1.807, 2.05) is 13.8 Å². The Morgan fingerprint density at radius 3 is 2.30 bits per heavy atom. The van der Waals surface area contributed by atoms with Crippen LogP contribution in [0.4, 0.5) is 0 Å². The molecule has 0 aromatic rings. The van der Waals surface area contributed by atoms with Gasteiger partial charge in [0, 0.05) is 32.1 Å². The lowest BCUT2D eigenvalue weighted by Crippen LogP contribution is -2.55. The van der Waals surface area contributed by atoms with Crippen molar-refractivity contribution < 1.29 is 14.3 Å². The number of methoxy groups -OCH3 is 1. The number of nitrogens with one attached hydrogen (secondary N) is 3. The molecule has 9 unspecified atom stereocenters. The topological polar surface area (TPSA) is 109 Å². The molecular weight excluding hydrogens is 586 g/mol. The molecule has 0 aromatic heterocycles. The summed E-state index contributed by atoms with van der Waals surface area (Å²) in [5, 5.41) is 11.0. The Morgan fingerprint density at radius 1 is 0.830 bits per heavy atom. The maximum Gasteiger partial charge on any atom is 0.328 e. The Kier molecular flexibility index (Phi) is 15.3. The van der Waals surface area contributed by atoms with E-state index in [1.54, 1.807) is 4.90 Å². The van der Waals surface area contributed by atoms with Gasteiger partial charge in [0.15, 0.2) is 0 Å². The van der Waals surface area contributed by atoms with Gasteiger partial charge < -0.3 is 31.3 Å². The van der Waals surface area contributed by atoms with Gasteiger partial charge in [-0.25, -0.2) is 4.79 Å². The third-order valence-electron chi connectivity index (χ3n) is 13.9. The number of nitrogens with zero attached hydrogens (tertiary/aromatic N) is 1. The fourth-order valence-electron chi connectivity index (χ4n) is 11.3. The van der Waals surface area contributed by atoms with Crippen LogP contribution in [0.2, 0.25) is 0 Å². The molecule has 4 saturated carbocycles. The highest BCUT2D eigenvalue weighted by atomic mass is 16.5. The number of carbonyl (C=O) groups is 2. The summed E-state index contributed by atoms with van der Waals surface area (Å²) in [6, 6.07) is 0.342. The van der Waals surface area contributed by atoms with Gasteiger partial charge in [0.25, 0.3) is 0 Å². The van der Waals surface area contributed by atoms with Gasteiger partial charge in [0.2, 0.25) is 5.91 Å². The van der Waals surface area contributed by atoms with Crippen LogP contribution < -0.4 is 21.7 Å². The first-order chi connectivity index (χ1) is 22.8. The van der Waals surface area contributed by atoms with Crippen molar-refractivity contribution in [3.63, 3.8) is 0 Å². The Balaban J connectivity index is 0.00000245. The molecule has 5 rings (SSSR count). The monoisotopic (exact) mass is 660 g/mol. The van der Waals surface area contributed by atoms with Gasteiger partial charge in [-0.2, -0.15) is 0 Å². The number of rotatable bonds is 16. The number of likely N-dealkylation sites (tertiary alicyclic amines) is 1. The molecule has 1 aliphatic heterocycles. The molecule has 1 amide bonds. The quantitative estimate of drug-likeness (QED) is 0.121. The minimum absolute atomic E-state index is 0.154. The van der Waals surface area contributed by atoms with Gasteiger partial charge in [0.1, 0.15) is 6.04 Å². The van der Waals surface area contributed by atoms with Crippen molar-refractivity contribution in [1.82, 2.24) is 20.9 Å². The van der Waals surface area contributed by atoms with Crippen LogP contribution in [-0.4, -0.2) is 81.8 Å². The van der Waals surface area contributed by atoms with Gasteiger partial charge >= 0.3 is 5.97 Å². The Morgan fingerprint density at radius 2 is 1.55 bits per heavy atom. The van der Waals surface area contributed by atoms with Gasteiger partial charge in [-0.1, -0.05) is 27.7 Å². The zero-order valence-electron chi connectivity index (χ0n) is 31.1. The molecule has 0 radical (unpaired) electrons. The molecule has 1 heterocycles. The summed E-state index contributed by atoms with van der Waals surface area (Å²) in [5.41, 5.74) is 6.52. The van der Waals surface area contributed by atoms with Crippen molar-refractivity contribution in [3.8, 4) is 0 Å². The van der Waals surface area contributed by atoms with Crippen molar-refractivity contribution >= 4 is 11.9 Å². The summed E-state index contributed by atoms with van der Waals surface area (Å²) in [7, 11) is 1.43. The number of hydrogen-bond donors (Lipinski definition) is 4. The normalized spacial score (nSPS) is 36.1.